The van der Waals surface area contributed by atoms with E-state index >= 15 is 0 Å². The van der Waals surface area contributed by atoms with E-state index in [1.165, 1.54) is 51.0 Å². The van der Waals surface area contributed by atoms with Crippen molar-refractivity contribution >= 4 is 10.0 Å². The van der Waals surface area contributed by atoms with Gasteiger partial charge in [-0.25, -0.2) is 13.1 Å². The van der Waals surface area contributed by atoms with Crippen LogP contribution in [0.2, 0.25) is 0 Å². The van der Waals surface area contributed by atoms with Crippen molar-refractivity contribution in [3.05, 3.63) is 42.5 Å². The highest BCUT2D eigenvalue weighted by molar-refractivity contribution is 7.89. The van der Waals surface area contributed by atoms with E-state index in [1.807, 2.05) is 0 Å². The molecule has 2 aromatic rings. The summed E-state index contributed by atoms with van der Waals surface area (Å²) in [4.78, 5) is 7.96. The van der Waals surface area contributed by atoms with Crippen LogP contribution in [0.25, 0.3) is 0 Å². The minimum Gasteiger partial charge on any atom is -0.493 e. The standard InChI is InChI=1S/C13H15N3O4S/c1-19-12-4-3-11(7-13(12)20-2)21(17,18)16-9-10-8-14-5-6-15-10/h3-8,16H,9H2,1-2H3. The third kappa shape index (κ3) is 3.67. The van der Waals surface area contributed by atoms with E-state index in [0.717, 1.165) is 0 Å². The number of benzene rings is 1. The number of sulfonamides is 1. The lowest BCUT2D eigenvalue weighted by molar-refractivity contribution is 0.354. The average molecular weight is 309 g/mol. The average Bonchev–Trinajstić information content (AvgIpc) is 2.53. The summed E-state index contributed by atoms with van der Waals surface area (Å²) in [7, 11) is -0.739. The molecule has 1 aromatic carbocycles. The second-order valence-electron chi connectivity index (χ2n) is 4.04. The summed E-state index contributed by atoms with van der Waals surface area (Å²) >= 11 is 0. The maximum absolute atomic E-state index is 12.2. The molecule has 0 saturated carbocycles. The van der Waals surface area contributed by atoms with Gasteiger partial charge in [0.15, 0.2) is 11.5 Å². The SMILES string of the molecule is COc1ccc(S(=O)(=O)NCc2cnccn2)cc1OC. The Hall–Kier alpha value is -2.19. The lowest BCUT2D eigenvalue weighted by Gasteiger charge is -2.10. The molecule has 112 valence electrons. The number of nitrogens with one attached hydrogen (secondary N) is 1. The number of hydrogen-bond donors (Lipinski definition) is 1. The second-order valence-corrected chi connectivity index (χ2v) is 5.81. The summed E-state index contributed by atoms with van der Waals surface area (Å²) in [5.74, 6) is 0.810. The van der Waals surface area contributed by atoms with Gasteiger partial charge in [0, 0.05) is 24.7 Å². The van der Waals surface area contributed by atoms with Crippen molar-refractivity contribution in [1.82, 2.24) is 14.7 Å². The molecule has 8 heteroatoms. The molecule has 1 aromatic heterocycles. The van der Waals surface area contributed by atoms with Crippen LogP contribution in [0.4, 0.5) is 0 Å². The summed E-state index contributed by atoms with van der Waals surface area (Å²) in [5, 5.41) is 0. The maximum Gasteiger partial charge on any atom is 0.241 e. The fraction of sp³-hybridized carbons (Fsp3) is 0.231. The van der Waals surface area contributed by atoms with Crippen molar-refractivity contribution in [2.24, 2.45) is 0 Å². The van der Waals surface area contributed by atoms with Crippen molar-refractivity contribution < 1.29 is 17.9 Å². The number of ether oxygens (including phenoxy) is 2. The quantitative estimate of drug-likeness (QED) is 0.855. The zero-order valence-corrected chi connectivity index (χ0v) is 12.4. The first-order valence-electron chi connectivity index (χ1n) is 6.03. The molecule has 0 bridgehead atoms. The van der Waals surface area contributed by atoms with E-state index in [1.54, 1.807) is 0 Å². The van der Waals surface area contributed by atoms with Crippen LogP contribution < -0.4 is 14.2 Å². The highest BCUT2D eigenvalue weighted by Crippen LogP contribution is 2.29. The zero-order valence-electron chi connectivity index (χ0n) is 11.6. The van der Waals surface area contributed by atoms with Crippen molar-refractivity contribution in [3.63, 3.8) is 0 Å². The van der Waals surface area contributed by atoms with Crippen LogP contribution in [-0.4, -0.2) is 32.6 Å². The molecule has 0 saturated heterocycles. The molecule has 0 unspecified atom stereocenters. The fourth-order valence-corrected chi connectivity index (χ4v) is 2.67. The highest BCUT2D eigenvalue weighted by Gasteiger charge is 2.17. The third-order valence-corrected chi connectivity index (χ3v) is 4.12. The molecule has 0 atom stereocenters. The molecule has 0 aliphatic rings. The lowest BCUT2D eigenvalue weighted by Crippen LogP contribution is -2.23. The monoisotopic (exact) mass is 309 g/mol. The van der Waals surface area contributed by atoms with Crippen molar-refractivity contribution in [1.29, 1.82) is 0 Å². The van der Waals surface area contributed by atoms with Gasteiger partial charge in [-0.05, 0) is 12.1 Å². The Morgan fingerprint density at radius 2 is 1.90 bits per heavy atom. The Morgan fingerprint density at radius 3 is 2.52 bits per heavy atom. The van der Waals surface area contributed by atoms with Gasteiger partial charge in [-0.15, -0.1) is 0 Å². The second kappa shape index (κ2) is 6.51. The van der Waals surface area contributed by atoms with Crippen molar-refractivity contribution in [2.75, 3.05) is 14.2 Å². The van der Waals surface area contributed by atoms with Gasteiger partial charge in [-0.2, -0.15) is 0 Å². The maximum atomic E-state index is 12.2. The summed E-state index contributed by atoms with van der Waals surface area (Å²) in [6.07, 6.45) is 4.52. The summed E-state index contributed by atoms with van der Waals surface area (Å²) in [6.45, 7) is 0.0600. The van der Waals surface area contributed by atoms with E-state index in [2.05, 4.69) is 14.7 Å². The van der Waals surface area contributed by atoms with Crippen LogP contribution in [0.15, 0.2) is 41.7 Å². The van der Waals surface area contributed by atoms with Gasteiger partial charge in [-0.3, -0.25) is 9.97 Å². The molecular weight excluding hydrogens is 294 g/mol. The van der Waals surface area contributed by atoms with Crippen LogP contribution in [0.3, 0.4) is 0 Å². The molecule has 0 aliphatic heterocycles. The molecule has 0 aliphatic carbocycles. The topological polar surface area (TPSA) is 90.4 Å². The predicted octanol–water partition coefficient (Wildman–Crippen LogP) is 0.972. The van der Waals surface area contributed by atoms with Gasteiger partial charge in [0.1, 0.15) is 0 Å². The van der Waals surface area contributed by atoms with Crippen molar-refractivity contribution in [3.8, 4) is 11.5 Å². The van der Waals surface area contributed by atoms with E-state index in [-0.39, 0.29) is 11.4 Å². The first kappa shape index (κ1) is 15.2. The number of aromatic nitrogens is 2. The molecule has 2 rings (SSSR count). The minimum atomic E-state index is -3.67. The first-order chi connectivity index (χ1) is 10.1. The smallest absolute Gasteiger partial charge is 0.241 e. The first-order valence-corrected chi connectivity index (χ1v) is 7.51. The Balaban J connectivity index is 2.19. The van der Waals surface area contributed by atoms with E-state index in [4.69, 9.17) is 9.47 Å². The van der Waals surface area contributed by atoms with E-state index < -0.39 is 10.0 Å². The van der Waals surface area contributed by atoms with Gasteiger partial charge < -0.3 is 9.47 Å². The number of nitrogens with zero attached hydrogens (tertiary/aromatic N) is 2. The molecular formula is C13H15N3O4S. The van der Waals surface area contributed by atoms with Gasteiger partial charge in [0.2, 0.25) is 10.0 Å². The zero-order chi connectivity index (χ0) is 15.3. The molecule has 1 N–H and O–H groups in total. The molecule has 0 radical (unpaired) electrons. The lowest BCUT2D eigenvalue weighted by atomic mass is 10.3. The van der Waals surface area contributed by atoms with Crippen LogP contribution in [0, 0.1) is 0 Å². The number of methoxy groups -OCH3 is 2. The molecule has 0 amide bonds. The Kier molecular flexibility index (Phi) is 4.71. The fourth-order valence-electron chi connectivity index (χ4n) is 1.66. The number of rotatable bonds is 6. The highest BCUT2D eigenvalue weighted by atomic mass is 32.2. The Morgan fingerprint density at radius 1 is 1.14 bits per heavy atom. The van der Waals surface area contributed by atoms with Crippen LogP contribution in [0.1, 0.15) is 5.69 Å². The normalized spacial score (nSPS) is 11.1. The molecule has 1 heterocycles. The molecule has 21 heavy (non-hydrogen) atoms. The van der Waals surface area contributed by atoms with Crippen LogP contribution in [0.5, 0.6) is 11.5 Å². The largest absolute Gasteiger partial charge is 0.493 e. The van der Waals surface area contributed by atoms with E-state index in [0.29, 0.717) is 17.2 Å². The van der Waals surface area contributed by atoms with E-state index in [9.17, 15) is 8.42 Å². The summed E-state index contributed by atoms with van der Waals surface area (Å²) in [6, 6.07) is 4.38. The summed E-state index contributed by atoms with van der Waals surface area (Å²) < 4.78 is 37.1. The third-order valence-electron chi connectivity index (χ3n) is 2.73. The Labute approximate surface area is 123 Å². The van der Waals surface area contributed by atoms with Gasteiger partial charge >= 0.3 is 0 Å². The Bertz CT molecular complexity index is 705. The molecule has 0 fully saturated rings. The summed E-state index contributed by atoms with van der Waals surface area (Å²) in [5.41, 5.74) is 0.529. The van der Waals surface area contributed by atoms with Gasteiger partial charge in [-0.1, -0.05) is 0 Å². The van der Waals surface area contributed by atoms with Crippen molar-refractivity contribution in [2.45, 2.75) is 11.4 Å². The van der Waals surface area contributed by atoms with Gasteiger partial charge in [0.05, 0.1) is 31.4 Å². The van der Waals surface area contributed by atoms with Crippen LogP contribution in [-0.2, 0) is 16.6 Å². The molecule has 7 nitrogen and oxygen atoms in total. The number of hydrogen-bond acceptors (Lipinski definition) is 6. The molecule has 0 spiro atoms. The van der Waals surface area contributed by atoms with Crippen LogP contribution >= 0.6 is 0 Å². The predicted molar refractivity (Wildman–Crippen MR) is 75.6 cm³/mol. The van der Waals surface area contributed by atoms with Gasteiger partial charge in [0.25, 0.3) is 0 Å². The minimum absolute atomic E-state index is 0.0600.